The van der Waals surface area contributed by atoms with Crippen molar-refractivity contribution in [2.24, 2.45) is 0 Å². The first-order chi connectivity index (χ1) is 16.5. The average molecular weight is 454 g/mol. The van der Waals surface area contributed by atoms with Gasteiger partial charge in [-0.1, -0.05) is 48.9 Å². The van der Waals surface area contributed by atoms with Crippen molar-refractivity contribution < 1.29 is 19.2 Å². The van der Waals surface area contributed by atoms with Crippen molar-refractivity contribution in [3.05, 3.63) is 93.2 Å². The number of Topliss-reactive ketones (excluding diaryl/α,β-unsaturated/α-hetero) is 1. The lowest BCUT2D eigenvalue weighted by molar-refractivity contribution is -0.383. The van der Waals surface area contributed by atoms with Crippen LogP contribution in [0, 0.1) is 10.1 Å². The molecule has 0 unspecified atom stereocenters. The number of hydrogen-bond acceptors (Lipinski definition) is 6. The zero-order chi connectivity index (χ0) is 23.7. The van der Waals surface area contributed by atoms with Crippen molar-refractivity contribution in [3.63, 3.8) is 0 Å². The summed E-state index contributed by atoms with van der Waals surface area (Å²) in [5, 5.41) is 12.9. The minimum atomic E-state index is -0.545. The van der Waals surface area contributed by atoms with Gasteiger partial charge >= 0.3 is 5.97 Å². The number of fused-ring (bicyclic) bond motifs is 3. The Labute approximate surface area is 195 Å². The monoisotopic (exact) mass is 454 g/mol. The van der Waals surface area contributed by atoms with Crippen molar-refractivity contribution in [1.82, 2.24) is 4.98 Å². The second-order valence-corrected chi connectivity index (χ2v) is 8.42. The van der Waals surface area contributed by atoms with Gasteiger partial charge in [-0.05, 0) is 48.8 Å². The maximum absolute atomic E-state index is 13.3. The summed E-state index contributed by atoms with van der Waals surface area (Å²) < 4.78 is 5.54. The molecule has 0 spiro atoms. The van der Waals surface area contributed by atoms with Crippen molar-refractivity contribution in [2.45, 2.75) is 32.1 Å². The Balaban J connectivity index is 1.47. The second-order valence-electron chi connectivity index (χ2n) is 8.42. The molecule has 34 heavy (non-hydrogen) atoms. The summed E-state index contributed by atoms with van der Waals surface area (Å²) in [5.74, 6) is -0.958. The van der Waals surface area contributed by atoms with Crippen LogP contribution in [0.1, 0.15) is 51.2 Å². The van der Waals surface area contributed by atoms with E-state index in [1.54, 1.807) is 30.3 Å². The molecule has 7 heteroatoms. The number of nitrogens with zero attached hydrogens (tertiary/aromatic N) is 2. The summed E-state index contributed by atoms with van der Waals surface area (Å²) in [6.07, 6.45) is 4.64. The largest absolute Gasteiger partial charge is 0.454 e. The van der Waals surface area contributed by atoms with Crippen LogP contribution in [-0.4, -0.2) is 28.3 Å². The lowest BCUT2D eigenvalue weighted by Crippen LogP contribution is -2.17. The van der Waals surface area contributed by atoms with E-state index in [1.165, 1.54) is 6.07 Å². The summed E-state index contributed by atoms with van der Waals surface area (Å²) in [6, 6.07) is 16.9. The number of hydrogen-bond donors (Lipinski definition) is 0. The number of aromatic nitrogens is 1. The smallest absolute Gasteiger partial charge is 0.339 e. The number of ketones is 1. The first-order valence-corrected chi connectivity index (χ1v) is 11.3. The van der Waals surface area contributed by atoms with Gasteiger partial charge in [-0.15, -0.1) is 0 Å². The zero-order valence-electron chi connectivity index (χ0n) is 18.5. The van der Waals surface area contributed by atoms with Gasteiger partial charge in [-0.25, -0.2) is 4.79 Å². The Morgan fingerprint density at radius 2 is 1.62 bits per heavy atom. The van der Waals surface area contributed by atoms with Crippen LogP contribution in [0.15, 0.2) is 60.7 Å². The van der Waals surface area contributed by atoms with Crippen LogP contribution in [0.5, 0.6) is 0 Å². The number of esters is 1. The van der Waals surface area contributed by atoms with E-state index in [4.69, 9.17) is 9.72 Å². The van der Waals surface area contributed by atoms with Gasteiger partial charge in [0, 0.05) is 22.7 Å². The molecule has 0 radical (unpaired) electrons. The molecule has 0 amide bonds. The molecule has 170 valence electrons. The SMILES string of the molecule is O=C(OCC(=O)c1cccc2c([N+](=O)[O-])cccc12)c1c2c(nc3ccccc13)CCCCC2. The Hall–Kier alpha value is -4.13. The van der Waals surface area contributed by atoms with Gasteiger partial charge in [0.05, 0.1) is 21.4 Å². The quantitative estimate of drug-likeness (QED) is 0.128. The molecule has 0 aliphatic heterocycles. The van der Waals surface area contributed by atoms with Gasteiger partial charge < -0.3 is 4.74 Å². The van der Waals surface area contributed by atoms with Crippen LogP contribution in [0.4, 0.5) is 5.69 Å². The van der Waals surface area contributed by atoms with E-state index in [0.29, 0.717) is 16.3 Å². The van der Waals surface area contributed by atoms with Crippen molar-refractivity contribution >= 4 is 39.1 Å². The number of nitro benzene ring substituents is 1. The van der Waals surface area contributed by atoms with Gasteiger partial charge in [0.1, 0.15) is 0 Å². The van der Waals surface area contributed by atoms with Gasteiger partial charge in [-0.2, -0.15) is 0 Å². The molecule has 5 rings (SSSR count). The number of para-hydroxylation sites is 1. The Kier molecular flexibility index (Phi) is 5.76. The highest BCUT2D eigenvalue weighted by Crippen LogP contribution is 2.30. The van der Waals surface area contributed by atoms with E-state index in [9.17, 15) is 19.7 Å². The second kappa shape index (κ2) is 9.02. The predicted molar refractivity (Wildman–Crippen MR) is 128 cm³/mol. The first-order valence-electron chi connectivity index (χ1n) is 11.3. The average Bonchev–Trinajstić information content (AvgIpc) is 3.10. The summed E-state index contributed by atoms with van der Waals surface area (Å²) in [5.41, 5.74) is 3.28. The Morgan fingerprint density at radius 1 is 0.882 bits per heavy atom. The van der Waals surface area contributed by atoms with Crippen LogP contribution >= 0.6 is 0 Å². The van der Waals surface area contributed by atoms with Crippen molar-refractivity contribution in [1.29, 1.82) is 0 Å². The van der Waals surface area contributed by atoms with Crippen LogP contribution in [-0.2, 0) is 17.6 Å². The minimum absolute atomic E-state index is 0.0740. The third kappa shape index (κ3) is 3.90. The molecule has 7 nitrogen and oxygen atoms in total. The predicted octanol–water partition coefficient (Wildman–Crippen LogP) is 5.60. The fraction of sp³-hybridized carbons (Fsp3) is 0.222. The van der Waals surface area contributed by atoms with Crippen LogP contribution in [0.3, 0.4) is 0 Å². The third-order valence-corrected chi connectivity index (χ3v) is 6.35. The number of ether oxygens (including phenoxy) is 1. The fourth-order valence-electron chi connectivity index (χ4n) is 4.76. The number of aryl methyl sites for hydroxylation is 1. The number of rotatable bonds is 5. The summed E-state index contributed by atoms with van der Waals surface area (Å²) in [6.45, 7) is -0.452. The topological polar surface area (TPSA) is 99.4 Å². The Morgan fingerprint density at radius 3 is 2.47 bits per heavy atom. The van der Waals surface area contributed by atoms with E-state index in [-0.39, 0.29) is 11.3 Å². The van der Waals surface area contributed by atoms with Crippen molar-refractivity contribution in [2.75, 3.05) is 6.61 Å². The highest BCUT2D eigenvalue weighted by molar-refractivity contribution is 6.12. The number of carbonyl (C=O) groups excluding carboxylic acids is 2. The molecule has 0 N–H and O–H groups in total. The summed E-state index contributed by atoms with van der Waals surface area (Å²) >= 11 is 0. The molecule has 1 aliphatic carbocycles. The standard InChI is InChI=1S/C27H22N2O5/c30-25(19-12-6-11-18-17(19)10-7-15-24(18)29(32)33)16-34-27(31)26-20-8-2-1-3-13-22(20)28-23-14-5-4-9-21(23)26/h4-7,9-12,14-15H,1-3,8,13,16H2. The molecule has 3 aromatic carbocycles. The number of pyridine rings is 1. The Bertz CT molecular complexity index is 1460. The first kappa shape index (κ1) is 21.7. The molecular formula is C27H22N2O5. The molecule has 0 atom stereocenters. The van der Waals surface area contributed by atoms with Crippen LogP contribution in [0.2, 0.25) is 0 Å². The van der Waals surface area contributed by atoms with E-state index in [2.05, 4.69) is 0 Å². The fourth-order valence-corrected chi connectivity index (χ4v) is 4.76. The number of non-ortho nitro benzene ring substituents is 1. The molecule has 0 saturated carbocycles. The number of nitro groups is 1. The van der Waals surface area contributed by atoms with E-state index in [1.807, 2.05) is 24.3 Å². The van der Waals surface area contributed by atoms with E-state index in [0.717, 1.165) is 54.3 Å². The minimum Gasteiger partial charge on any atom is -0.454 e. The maximum atomic E-state index is 13.3. The molecule has 4 aromatic rings. The normalized spacial score (nSPS) is 13.3. The van der Waals surface area contributed by atoms with E-state index >= 15 is 0 Å². The third-order valence-electron chi connectivity index (χ3n) is 6.35. The van der Waals surface area contributed by atoms with Gasteiger partial charge in [0.15, 0.2) is 6.61 Å². The molecule has 0 bridgehead atoms. The van der Waals surface area contributed by atoms with Gasteiger partial charge in [0.25, 0.3) is 5.69 Å². The lowest BCUT2D eigenvalue weighted by Gasteiger charge is -2.15. The molecule has 0 fully saturated rings. The molecule has 1 heterocycles. The van der Waals surface area contributed by atoms with Crippen LogP contribution in [0.25, 0.3) is 21.7 Å². The highest BCUT2D eigenvalue weighted by atomic mass is 16.6. The number of benzene rings is 3. The van der Waals surface area contributed by atoms with Gasteiger partial charge in [0.2, 0.25) is 5.78 Å². The highest BCUT2D eigenvalue weighted by Gasteiger charge is 2.24. The van der Waals surface area contributed by atoms with E-state index < -0.39 is 23.3 Å². The molecule has 0 saturated heterocycles. The molecule has 1 aliphatic rings. The number of carbonyl (C=O) groups is 2. The lowest BCUT2D eigenvalue weighted by atomic mass is 9.97. The maximum Gasteiger partial charge on any atom is 0.339 e. The van der Waals surface area contributed by atoms with Crippen LogP contribution < -0.4 is 0 Å². The summed E-state index contributed by atoms with van der Waals surface area (Å²) in [4.78, 5) is 42.0. The zero-order valence-corrected chi connectivity index (χ0v) is 18.5. The van der Waals surface area contributed by atoms with Crippen molar-refractivity contribution in [3.8, 4) is 0 Å². The molecular weight excluding hydrogens is 432 g/mol. The molecule has 1 aromatic heterocycles. The summed E-state index contributed by atoms with van der Waals surface area (Å²) in [7, 11) is 0. The van der Waals surface area contributed by atoms with Gasteiger partial charge in [-0.3, -0.25) is 19.9 Å².